The molecule has 0 spiro atoms. The number of halogens is 1. The zero-order chi connectivity index (χ0) is 16.9. The lowest BCUT2D eigenvalue weighted by molar-refractivity contribution is -0.121. The van der Waals surface area contributed by atoms with Crippen LogP contribution in [0.3, 0.4) is 0 Å². The quantitative estimate of drug-likeness (QED) is 0.654. The van der Waals surface area contributed by atoms with Crippen LogP contribution < -0.4 is 5.32 Å². The summed E-state index contributed by atoms with van der Waals surface area (Å²) in [4.78, 5) is 20.0. The van der Waals surface area contributed by atoms with Gasteiger partial charge in [0.05, 0.1) is 17.1 Å². The van der Waals surface area contributed by atoms with Crippen molar-refractivity contribution in [3.05, 3.63) is 64.4 Å². The monoisotopic (exact) mass is 385 g/mol. The van der Waals surface area contributed by atoms with E-state index in [1.165, 1.54) is 0 Å². The molecule has 3 rings (SSSR count). The van der Waals surface area contributed by atoms with E-state index in [1.807, 2.05) is 48.5 Å². The van der Waals surface area contributed by atoms with Gasteiger partial charge < -0.3 is 10.3 Å². The minimum absolute atomic E-state index is 0.0428. The van der Waals surface area contributed by atoms with Crippen LogP contribution in [0.15, 0.2) is 53.0 Å². The molecule has 4 nitrogen and oxygen atoms in total. The third-order valence-electron chi connectivity index (χ3n) is 4.04. The number of imidazole rings is 1. The van der Waals surface area contributed by atoms with E-state index in [0.717, 1.165) is 33.3 Å². The standard InChI is InChI=1S/C19H20BrN3O/c1-2-15(13-7-9-14(20)10-8-13)23-19(24)12-11-18-21-16-5-3-4-6-17(16)22-18/h3-10,15H,2,11-12H2,1H3,(H,21,22)(H,23,24). The largest absolute Gasteiger partial charge is 0.349 e. The molecule has 0 saturated carbocycles. The van der Waals surface area contributed by atoms with E-state index in [9.17, 15) is 4.79 Å². The van der Waals surface area contributed by atoms with Crippen molar-refractivity contribution in [2.45, 2.75) is 32.2 Å². The Morgan fingerprint density at radius 2 is 1.96 bits per heavy atom. The number of fused-ring (bicyclic) bond motifs is 1. The highest BCUT2D eigenvalue weighted by Crippen LogP contribution is 2.19. The molecule has 124 valence electrons. The summed E-state index contributed by atoms with van der Waals surface area (Å²) in [5, 5.41) is 3.11. The molecule has 0 saturated heterocycles. The van der Waals surface area contributed by atoms with Crippen molar-refractivity contribution in [1.82, 2.24) is 15.3 Å². The maximum atomic E-state index is 12.3. The van der Waals surface area contributed by atoms with Gasteiger partial charge in [0.1, 0.15) is 5.82 Å². The van der Waals surface area contributed by atoms with Gasteiger partial charge in [-0.15, -0.1) is 0 Å². The molecule has 0 aliphatic carbocycles. The molecule has 2 aromatic carbocycles. The van der Waals surface area contributed by atoms with Crippen LogP contribution in [0.2, 0.25) is 0 Å². The van der Waals surface area contributed by atoms with Gasteiger partial charge in [-0.2, -0.15) is 0 Å². The maximum absolute atomic E-state index is 12.3. The first-order valence-electron chi connectivity index (χ1n) is 8.14. The van der Waals surface area contributed by atoms with Gasteiger partial charge >= 0.3 is 0 Å². The number of aromatic amines is 1. The fourth-order valence-corrected chi connectivity index (χ4v) is 3.00. The lowest BCUT2D eigenvalue weighted by atomic mass is 10.0. The number of hydrogen-bond donors (Lipinski definition) is 2. The van der Waals surface area contributed by atoms with Crippen molar-refractivity contribution in [3.63, 3.8) is 0 Å². The molecule has 1 aromatic heterocycles. The van der Waals surface area contributed by atoms with Crippen LogP contribution in [0.5, 0.6) is 0 Å². The van der Waals surface area contributed by atoms with Crippen LogP contribution in [0.25, 0.3) is 11.0 Å². The van der Waals surface area contributed by atoms with Crippen molar-refractivity contribution < 1.29 is 4.79 Å². The van der Waals surface area contributed by atoms with E-state index in [1.54, 1.807) is 0 Å². The molecule has 1 atom stereocenters. The molecular formula is C19H20BrN3O. The zero-order valence-corrected chi connectivity index (χ0v) is 15.1. The number of carbonyl (C=O) groups is 1. The Morgan fingerprint density at radius 1 is 1.21 bits per heavy atom. The molecule has 0 aliphatic rings. The molecule has 1 amide bonds. The third-order valence-corrected chi connectivity index (χ3v) is 4.57. The number of aryl methyl sites for hydroxylation is 1. The number of nitrogens with one attached hydrogen (secondary N) is 2. The number of nitrogens with zero attached hydrogens (tertiary/aromatic N) is 1. The number of carbonyl (C=O) groups excluding carboxylic acids is 1. The van der Waals surface area contributed by atoms with Crippen LogP contribution in [0, 0.1) is 0 Å². The number of amides is 1. The summed E-state index contributed by atoms with van der Waals surface area (Å²) in [6.45, 7) is 2.08. The van der Waals surface area contributed by atoms with Crippen LogP contribution >= 0.6 is 15.9 Å². The fraction of sp³-hybridized carbons (Fsp3) is 0.263. The topological polar surface area (TPSA) is 57.8 Å². The van der Waals surface area contributed by atoms with Gasteiger partial charge in [-0.3, -0.25) is 4.79 Å². The van der Waals surface area contributed by atoms with E-state index in [0.29, 0.717) is 12.8 Å². The second kappa shape index (κ2) is 7.62. The number of aromatic nitrogens is 2. The van der Waals surface area contributed by atoms with E-state index in [-0.39, 0.29) is 11.9 Å². The van der Waals surface area contributed by atoms with Crippen molar-refractivity contribution in [2.75, 3.05) is 0 Å². The van der Waals surface area contributed by atoms with Gasteiger partial charge in [-0.05, 0) is 36.2 Å². The molecule has 0 aliphatic heterocycles. The van der Waals surface area contributed by atoms with Crippen molar-refractivity contribution >= 4 is 32.9 Å². The van der Waals surface area contributed by atoms with Crippen LogP contribution in [0.4, 0.5) is 0 Å². The van der Waals surface area contributed by atoms with Gasteiger partial charge in [0.2, 0.25) is 5.91 Å². The Balaban J connectivity index is 1.58. The second-order valence-electron chi connectivity index (χ2n) is 5.78. The number of H-pyrrole nitrogens is 1. The summed E-state index contributed by atoms with van der Waals surface area (Å²) in [5.74, 6) is 0.897. The highest BCUT2D eigenvalue weighted by molar-refractivity contribution is 9.10. The Kier molecular flexibility index (Phi) is 5.30. The summed E-state index contributed by atoms with van der Waals surface area (Å²) in [5.41, 5.74) is 3.07. The second-order valence-corrected chi connectivity index (χ2v) is 6.70. The van der Waals surface area contributed by atoms with Gasteiger partial charge in [0.25, 0.3) is 0 Å². The van der Waals surface area contributed by atoms with Gasteiger partial charge in [0, 0.05) is 17.3 Å². The zero-order valence-electron chi connectivity index (χ0n) is 13.6. The van der Waals surface area contributed by atoms with Crippen LogP contribution in [-0.2, 0) is 11.2 Å². The molecule has 1 unspecified atom stereocenters. The van der Waals surface area contributed by atoms with E-state index >= 15 is 0 Å². The lowest BCUT2D eigenvalue weighted by Gasteiger charge is -2.17. The van der Waals surface area contributed by atoms with Crippen molar-refractivity contribution in [1.29, 1.82) is 0 Å². The minimum atomic E-state index is 0.0428. The number of rotatable bonds is 6. The Morgan fingerprint density at radius 3 is 2.67 bits per heavy atom. The SMILES string of the molecule is CCC(NC(=O)CCc1nc2ccccc2[nH]1)c1ccc(Br)cc1. The number of hydrogen-bond acceptors (Lipinski definition) is 2. The van der Waals surface area contributed by atoms with E-state index < -0.39 is 0 Å². The Hall–Kier alpha value is -2.14. The first-order valence-corrected chi connectivity index (χ1v) is 8.93. The van der Waals surface area contributed by atoms with E-state index in [4.69, 9.17) is 0 Å². The summed E-state index contributed by atoms with van der Waals surface area (Å²) in [6, 6.07) is 16.0. The normalized spacial score (nSPS) is 12.2. The molecule has 2 N–H and O–H groups in total. The lowest BCUT2D eigenvalue weighted by Crippen LogP contribution is -2.28. The summed E-state index contributed by atoms with van der Waals surface area (Å²) in [6.07, 6.45) is 1.89. The van der Waals surface area contributed by atoms with Crippen molar-refractivity contribution in [2.24, 2.45) is 0 Å². The molecule has 3 aromatic rings. The van der Waals surface area contributed by atoms with Gasteiger partial charge in [-0.25, -0.2) is 4.98 Å². The van der Waals surface area contributed by atoms with E-state index in [2.05, 4.69) is 38.1 Å². The van der Waals surface area contributed by atoms with Crippen LogP contribution in [0.1, 0.15) is 37.2 Å². The summed E-state index contributed by atoms with van der Waals surface area (Å²) in [7, 11) is 0. The fourth-order valence-electron chi connectivity index (χ4n) is 2.74. The predicted molar refractivity (Wildman–Crippen MR) is 99.7 cm³/mol. The van der Waals surface area contributed by atoms with Crippen molar-refractivity contribution in [3.8, 4) is 0 Å². The number of para-hydroxylation sites is 2. The molecular weight excluding hydrogens is 366 g/mol. The average molecular weight is 386 g/mol. The van der Waals surface area contributed by atoms with Gasteiger partial charge in [-0.1, -0.05) is 47.1 Å². The molecule has 1 heterocycles. The van der Waals surface area contributed by atoms with Gasteiger partial charge in [0.15, 0.2) is 0 Å². The highest BCUT2D eigenvalue weighted by atomic mass is 79.9. The highest BCUT2D eigenvalue weighted by Gasteiger charge is 2.13. The summed E-state index contributed by atoms with van der Waals surface area (Å²) < 4.78 is 1.04. The molecule has 0 bridgehead atoms. The first kappa shape index (κ1) is 16.7. The Bertz CT molecular complexity index is 793. The Labute approximate surface area is 149 Å². The maximum Gasteiger partial charge on any atom is 0.220 e. The molecule has 0 radical (unpaired) electrons. The third kappa shape index (κ3) is 4.03. The predicted octanol–water partition coefficient (Wildman–Crippen LogP) is 4.53. The average Bonchev–Trinajstić information content (AvgIpc) is 3.02. The first-order chi connectivity index (χ1) is 11.7. The van der Waals surface area contributed by atoms with Crippen LogP contribution in [-0.4, -0.2) is 15.9 Å². The number of benzene rings is 2. The summed E-state index contributed by atoms with van der Waals surface area (Å²) >= 11 is 3.43. The minimum Gasteiger partial charge on any atom is -0.349 e. The molecule has 5 heteroatoms. The molecule has 0 fully saturated rings. The smallest absolute Gasteiger partial charge is 0.220 e. The molecule has 24 heavy (non-hydrogen) atoms.